The molecule has 0 saturated heterocycles. The number of fused-ring (bicyclic) bond motifs is 1. The van der Waals surface area contributed by atoms with Gasteiger partial charge >= 0.3 is 0 Å². The van der Waals surface area contributed by atoms with E-state index in [1.165, 1.54) is 18.2 Å². The number of benzene rings is 2. The van der Waals surface area contributed by atoms with Gasteiger partial charge in [-0.3, -0.25) is 4.79 Å². The van der Waals surface area contributed by atoms with Gasteiger partial charge < -0.3 is 14.3 Å². The van der Waals surface area contributed by atoms with E-state index in [1.54, 1.807) is 35.8 Å². The molecule has 4 aromatic rings. The van der Waals surface area contributed by atoms with Crippen molar-refractivity contribution in [1.82, 2.24) is 9.88 Å². The summed E-state index contributed by atoms with van der Waals surface area (Å²) in [6.07, 6.45) is 0. The highest BCUT2D eigenvalue weighted by Gasteiger charge is 2.19. The van der Waals surface area contributed by atoms with Crippen molar-refractivity contribution < 1.29 is 22.4 Å². The van der Waals surface area contributed by atoms with Crippen molar-refractivity contribution in [3.05, 3.63) is 94.6 Å². The quantitative estimate of drug-likeness (QED) is 0.518. The first-order valence-corrected chi connectivity index (χ1v) is 8.97. The number of amides is 1. The van der Waals surface area contributed by atoms with Gasteiger partial charge in [-0.2, -0.15) is 0 Å². The van der Waals surface area contributed by atoms with Crippen molar-refractivity contribution in [1.29, 1.82) is 0 Å². The fourth-order valence-corrected chi connectivity index (χ4v) is 3.22. The van der Waals surface area contributed by atoms with Crippen LogP contribution in [0.4, 0.5) is 13.2 Å². The van der Waals surface area contributed by atoms with E-state index in [-0.39, 0.29) is 24.8 Å². The zero-order valence-electron chi connectivity index (χ0n) is 15.5. The fourth-order valence-electron chi connectivity index (χ4n) is 3.22. The van der Waals surface area contributed by atoms with E-state index in [0.717, 1.165) is 17.7 Å². The SMILES string of the molecule is Cc1cc2c(cc(C(=O)NCc3ccc(F)cc3)n2Cc2ccc(F)c(F)c2)o1. The van der Waals surface area contributed by atoms with Crippen LogP contribution in [0.25, 0.3) is 11.1 Å². The van der Waals surface area contributed by atoms with Gasteiger partial charge in [0.05, 0.1) is 5.52 Å². The number of aromatic nitrogens is 1. The van der Waals surface area contributed by atoms with Crippen LogP contribution in [0, 0.1) is 24.4 Å². The van der Waals surface area contributed by atoms with Crippen molar-refractivity contribution in [2.45, 2.75) is 20.0 Å². The van der Waals surface area contributed by atoms with Crippen LogP contribution < -0.4 is 5.32 Å². The molecule has 148 valence electrons. The number of hydrogen-bond donors (Lipinski definition) is 1. The highest BCUT2D eigenvalue weighted by atomic mass is 19.2. The Hall–Kier alpha value is -3.48. The maximum Gasteiger partial charge on any atom is 0.268 e. The Labute approximate surface area is 164 Å². The van der Waals surface area contributed by atoms with Gasteiger partial charge in [-0.1, -0.05) is 18.2 Å². The molecule has 0 bridgehead atoms. The standard InChI is InChI=1S/C22H17F3N2O2/c1-13-8-19-21(29-13)10-20(22(28)26-11-14-2-5-16(23)6-3-14)27(19)12-15-4-7-17(24)18(25)9-15/h2-10H,11-12H2,1H3,(H,26,28). The summed E-state index contributed by atoms with van der Waals surface area (Å²) in [4.78, 5) is 12.8. The molecule has 0 saturated carbocycles. The molecule has 2 aromatic heterocycles. The van der Waals surface area contributed by atoms with Crippen LogP contribution in [-0.2, 0) is 13.1 Å². The molecule has 4 rings (SSSR count). The lowest BCUT2D eigenvalue weighted by atomic mass is 10.2. The van der Waals surface area contributed by atoms with Gasteiger partial charge in [0, 0.05) is 25.2 Å². The van der Waals surface area contributed by atoms with Gasteiger partial charge in [0.25, 0.3) is 5.91 Å². The molecule has 7 heteroatoms. The topological polar surface area (TPSA) is 47.2 Å². The van der Waals surface area contributed by atoms with E-state index in [9.17, 15) is 18.0 Å². The molecule has 1 amide bonds. The second-order valence-electron chi connectivity index (χ2n) is 6.78. The van der Waals surface area contributed by atoms with E-state index in [4.69, 9.17) is 4.42 Å². The maximum atomic E-state index is 13.6. The number of halogens is 3. The summed E-state index contributed by atoms with van der Waals surface area (Å²) in [5.74, 6) is -1.91. The van der Waals surface area contributed by atoms with Gasteiger partial charge in [0.2, 0.25) is 0 Å². The molecule has 0 fully saturated rings. The number of hydrogen-bond acceptors (Lipinski definition) is 2. The summed E-state index contributed by atoms with van der Waals surface area (Å²) in [6.45, 7) is 2.17. The normalized spacial score (nSPS) is 11.2. The van der Waals surface area contributed by atoms with Gasteiger partial charge in [-0.25, -0.2) is 13.2 Å². The lowest BCUT2D eigenvalue weighted by Gasteiger charge is -2.11. The average Bonchev–Trinajstić information content (AvgIpc) is 3.21. The van der Waals surface area contributed by atoms with E-state index in [1.807, 2.05) is 0 Å². The minimum atomic E-state index is -0.948. The van der Waals surface area contributed by atoms with E-state index >= 15 is 0 Å². The molecule has 0 aliphatic rings. The van der Waals surface area contributed by atoms with Crippen molar-refractivity contribution in [2.75, 3.05) is 0 Å². The van der Waals surface area contributed by atoms with Crippen LogP contribution in [0.15, 0.2) is 59.0 Å². The largest absolute Gasteiger partial charge is 0.460 e. The molecule has 29 heavy (non-hydrogen) atoms. The number of aryl methyl sites for hydroxylation is 1. The summed E-state index contributed by atoms with van der Waals surface area (Å²) in [6, 6.07) is 12.9. The molecule has 0 radical (unpaired) electrons. The second-order valence-corrected chi connectivity index (χ2v) is 6.78. The molecule has 2 heterocycles. The minimum Gasteiger partial charge on any atom is -0.460 e. The third-order valence-corrected chi connectivity index (χ3v) is 4.64. The first-order valence-electron chi connectivity index (χ1n) is 8.97. The van der Waals surface area contributed by atoms with E-state index < -0.39 is 11.6 Å². The second kappa shape index (κ2) is 7.50. The highest BCUT2D eigenvalue weighted by molar-refractivity contribution is 5.97. The number of carbonyl (C=O) groups excluding carboxylic acids is 1. The van der Waals surface area contributed by atoms with Gasteiger partial charge in [0.1, 0.15) is 17.3 Å². The van der Waals surface area contributed by atoms with Crippen LogP contribution in [0.3, 0.4) is 0 Å². The van der Waals surface area contributed by atoms with E-state index in [0.29, 0.717) is 28.1 Å². The Balaban J connectivity index is 1.63. The third kappa shape index (κ3) is 3.89. The lowest BCUT2D eigenvalue weighted by molar-refractivity contribution is 0.0942. The molecule has 0 spiro atoms. The Morgan fingerprint density at radius 3 is 2.41 bits per heavy atom. The smallest absolute Gasteiger partial charge is 0.268 e. The number of rotatable bonds is 5. The maximum absolute atomic E-state index is 13.6. The van der Waals surface area contributed by atoms with Crippen LogP contribution in [0.2, 0.25) is 0 Å². The van der Waals surface area contributed by atoms with Crippen LogP contribution in [0.5, 0.6) is 0 Å². The predicted octanol–water partition coefficient (Wildman–Crippen LogP) is 4.94. The van der Waals surface area contributed by atoms with Gasteiger partial charge in [-0.05, 0) is 42.3 Å². The monoisotopic (exact) mass is 398 g/mol. The number of carbonyl (C=O) groups is 1. The molecule has 0 atom stereocenters. The number of furan rings is 1. The van der Waals surface area contributed by atoms with Crippen molar-refractivity contribution in [3.63, 3.8) is 0 Å². The Kier molecular flexibility index (Phi) is 4.88. The summed E-state index contributed by atoms with van der Waals surface area (Å²) in [5, 5.41) is 2.79. The van der Waals surface area contributed by atoms with Crippen LogP contribution in [0.1, 0.15) is 27.4 Å². The summed E-state index contributed by atoms with van der Waals surface area (Å²) >= 11 is 0. The first-order chi connectivity index (χ1) is 13.9. The van der Waals surface area contributed by atoms with Gasteiger partial charge in [0.15, 0.2) is 17.2 Å². The molecule has 4 nitrogen and oxygen atoms in total. The van der Waals surface area contributed by atoms with Crippen LogP contribution >= 0.6 is 0 Å². The predicted molar refractivity (Wildman–Crippen MR) is 102 cm³/mol. The Morgan fingerprint density at radius 1 is 0.966 bits per heavy atom. The Bertz CT molecular complexity index is 1190. The summed E-state index contributed by atoms with van der Waals surface area (Å²) in [5.41, 5.74) is 2.78. The fraction of sp³-hybridized carbons (Fsp3) is 0.136. The molecule has 0 unspecified atom stereocenters. The molecule has 1 N–H and O–H groups in total. The Morgan fingerprint density at radius 2 is 1.69 bits per heavy atom. The number of nitrogens with one attached hydrogen (secondary N) is 1. The average molecular weight is 398 g/mol. The highest BCUT2D eigenvalue weighted by Crippen LogP contribution is 2.25. The van der Waals surface area contributed by atoms with Gasteiger partial charge in [-0.15, -0.1) is 0 Å². The molecular weight excluding hydrogens is 381 g/mol. The van der Waals surface area contributed by atoms with Crippen molar-refractivity contribution in [3.8, 4) is 0 Å². The number of nitrogens with zero attached hydrogens (tertiary/aromatic N) is 1. The van der Waals surface area contributed by atoms with E-state index in [2.05, 4.69) is 5.32 Å². The molecule has 0 aliphatic carbocycles. The molecule has 0 aliphatic heterocycles. The molecular formula is C22H17F3N2O2. The third-order valence-electron chi connectivity index (χ3n) is 4.64. The first kappa shape index (κ1) is 18.9. The minimum absolute atomic E-state index is 0.166. The lowest BCUT2D eigenvalue weighted by Crippen LogP contribution is -2.25. The zero-order chi connectivity index (χ0) is 20.5. The molecule has 2 aromatic carbocycles. The zero-order valence-corrected chi connectivity index (χ0v) is 15.5. The summed E-state index contributed by atoms with van der Waals surface area (Å²) < 4.78 is 47.2. The van der Waals surface area contributed by atoms with Crippen LogP contribution in [-0.4, -0.2) is 10.5 Å². The summed E-state index contributed by atoms with van der Waals surface area (Å²) in [7, 11) is 0. The van der Waals surface area contributed by atoms with Crippen molar-refractivity contribution >= 4 is 17.0 Å². The van der Waals surface area contributed by atoms with Crippen molar-refractivity contribution in [2.24, 2.45) is 0 Å².